The summed E-state index contributed by atoms with van der Waals surface area (Å²) >= 11 is 5.10. The number of halogens is 1. The molecule has 3 aromatic carbocycles. The number of hydrogen-bond acceptors (Lipinski definition) is 5. The number of nitrogens with zero attached hydrogens (tertiary/aromatic N) is 3. The minimum atomic E-state index is -0.341. The molecule has 0 aliphatic carbocycles. The first-order chi connectivity index (χ1) is 14.7. The number of rotatable bonds is 6. The zero-order chi connectivity index (χ0) is 20.9. The third-order valence-electron chi connectivity index (χ3n) is 4.45. The molecule has 5 nitrogen and oxygen atoms in total. The van der Waals surface area contributed by atoms with Gasteiger partial charge in [-0.2, -0.15) is 0 Å². The van der Waals surface area contributed by atoms with E-state index in [-0.39, 0.29) is 5.97 Å². The van der Waals surface area contributed by atoms with Gasteiger partial charge in [0.25, 0.3) is 0 Å². The van der Waals surface area contributed by atoms with Crippen LogP contribution in [0.1, 0.15) is 15.9 Å². The summed E-state index contributed by atoms with van der Waals surface area (Å²) in [6.07, 6.45) is 0. The molecule has 150 valence electrons. The van der Waals surface area contributed by atoms with Crippen molar-refractivity contribution in [1.29, 1.82) is 0 Å². The lowest BCUT2D eigenvalue weighted by Gasteiger charge is -2.11. The van der Waals surface area contributed by atoms with Crippen molar-refractivity contribution in [1.82, 2.24) is 14.8 Å². The SMILES string of the molecule is COC(=O)c1cccc(CSc2nnc(-c3cccc(Br)c3)n2-c2ccccc2)c1. The van der Waals surface area contributed by atoms with E-state index < -0.39 is 0 Å². The second kappa shape index (κ2) is 9.28. The maximum atomic E-state index is 11.8. The maximum absolute atomic E-state index is 11.8. The highest BCUT2D eigenvalue weighted by Gasteiger charge is 2.16. The van der Waals surface area contributed by atoms with Gasteiger partial charge < -0.3 is 4.74 Å². The molecule has 0 saturated heterocycles. The zero-order valence-electron chi connectivity index (χ0n) is 16.2. The van der Waals surface area contributed by atoms with E-state index in [0.717, 1.165) is 32.3 Å². The molecule has 4 aromatic rings. The Morgan fingerprint density at radius 3 is 2.57 bits per heavy atom. The van der Waals surface area contributed by atoms with Gasteiger partial charge >= 0.3 is 5.97 Å². The molecule has 7 heteroatoms. The average molecular weight is 480 g/mol. The summed E-state index contributed by atoms with van der Waals surface area (Å²) < 4.78 is 7.85. The third kappa shape index (κ3) is 4.47. The highest BCUT2D eigenvalue weighted by Crippen LogP contribution is 2.30. The summed E-state index contributed by atoms with van der Waals surface area (Å²) in [4.78, 5) is 11.8. The number of methoxy groups -OCH3 is 1. The van der Waals surface area contributed by atoms with Crippen molar-refractivity contribution in [3.05, 3.63) is 94.5 Å². The Kier molecular flexibility index (Phi) is 6.30. The van der Waals surface area contributed by atoms with Gasteiger partial charge in [-0.3, -0.25) is 4.57 Å². The minimum absolute atomic E-state index is 0.341. The van der Waals surface area contributed by atoms with Gasteiger partial charge in [-0.05, 0) is 42.0 Å². The van der Waals surface area contributed by atoms with Crippen molar-refractivity contribution in [3.8, 4) is 17.1 Å². The summed E-state index contributed by atoms with van der Waals surface area (Å²) in [6.45, 7) is 0. The molecule has 0 radical (unpaired) electrons. The summed E-state index contributed by atoms with van der Waals surface area (Å²) in [5.41, 5.74) is 3.51. The second-order valence-electron chi connectivity index (χ2n) is 6.47. The minimum Gasteiger partial charge on any atom is -0.465 e. The molecule has 0 saturated carbocycles. The van der Waals surface area contributed by atoms with E-state index in [1.165, 1.54) is 7.11 Å². The molecule has 0 aliphatic rings. The molecule has 1 heterocycles. The van der Waals surface area contributed by atoms with Gasteiger partial charge in [0.15, 0.2) is 11.0 Å². The quantitative estimate of drug-likeness (QED) is 0.259. The van der Waals surface area contributed by atoms with Crippen molar-refractivity contribution in [3.63, 3.8) is 0 Å². The van der Waals surface area contributed by atoms with Crippen molar-refractivity contribution < 1.29 is 9.53 Å². The van der Waals surface area contributed by atoms with Gasteiger partial charge in [0.05, 0.1) is 12.7 Å². The number of ether oxygens (including phenoxy) is 1. The lowest BCUT2D eigenvalue weighted by Crippen LogP contribution is -2.02. The number of thioether (sulfide) groups is 1. The van der Waals surface area contributed by atoms with E-state index in [1.54, 1.807) is 17.8 Å². The Hall–Kier alpha value is -2.90. The van der Waals surface area contributed by atoms with E-state index in [9.17, 15) is 4.79 Å². The Morgan fingerprint density at radius 1 is 1.00 bits per heavy atom. The van der Waals surface area contributed by atoms with Crippen molar-refractivity contribution >= 4 is 33.7 Å². The van der Waals surface area contributed by atoms with Crippen molar-refractivity contribution in [2.24, 2.45) is 0 Å². The average Bonchev–Trinajstić information content (AvgIpc) is 3.22. The molecule has 1 aromatic heterocycles. The first kappa shape index (κ1) is 20.4. The number of carbonyl (C=O) groups excluding carboxylic acids is 1. The first-order valence-electron chi connectivity index (χ1n) is 9.22. The fourth-order valence-corrected chi connectivity index (χ4v) is 4.34. The van der Waals surface area contributed by atoms with Gasteiger partial charge in [-0.1, -0.05) is 70.2 Å². The topological polar surface area (TPSA) is 57.0 Å². The Morgan fingerprint density at radius 2 is 1.80 bits per heavy atom. The molecule has 0 spiro atoms. The van der Waals surface area contributed by atoms with Crippen LogP contribution in [0.4, 0.5) is 0 Å². The standard InChI is InChI=1S/C23H18BrN3O2S/c1-29-22(28)18-9-5-7-16(13-18)15-30-23-26-25-21(17-8-6-10-19(24)14-17)27(23)20-11-3-2-4-12-20/h2-14H,15H2,1H3. The summed E-state index contributed by atoms with van der Waals surface area (Å²) in [5, 5.41) is 9.71. The normalized spacial score (nSPS) is 10.7. The molecule has 0 fully saturated rings. The molecule has 0 atom stereocenters. The molecular weight excluding hydrogens is 462 g/mol. The fraction of sp³-hybridized carbons (Fsp3) is 0.0870. The molecule has 0 bridgehead atoms. The van der Waals surface area contributed by atoms with Crippen LogP contribution in [0.2, 0.25) is 0 Å². The largest absolute Gasteiger partial charge is 0.465 e. The highest BCUT2D eigenvalue weighted by molar-refractivity contribution is 9.10. The molecule has 0 aliphatic heterocycles. The van der Waals surface area contributed by atoms with Crippen LogP contribution in [0, 0.1) is 0 Å². The van der Waals surface area contributed by atoms with Gasteiger partial charge in [0.2, 0.25) is 0 Å². The van der Waals surface area contributed by atoms with E-state index in [2.05, 4.69) is 30.7 Å². The number of benzene rings is 3. The monoisotopic (exact) mass is 479 g/mol. The molecule has 0 amide bonds. The third-order valence-corrected chi connectivity index (χ3v) is 5.94. The first-order valence-corrected chi connectivity index (χ1v) is 11.0. The van der Waals surface area contributed by atoms with E-state index in [1.807, 2.05) is 72.8 Å². The Bertz CT molecular complexity index is 1180. The smallest absolute Gasteiger partial charge is 0.337 e. The Labute approximate surface area is 187 Å². The predicted molar refractivity (Wildman–Crippen MR) is 122 cm³/mol. The van der Waals surface area contributed by atoms with E-state index in [4.69, 9.17) is 4.74 Å². The van der Waals surface area contributed by atoms with Gasteiger partial charge in [0, 0.05) is 21.5 Å². The van der Waals surface area contributed by atoms with Crippen molar-refractivity contribution in [2.45, 2.75) is 10.9 Å². The van der Waals surface area contributed by atoms with Crippen LogP contribution in [-0.4, -0.2) is 27.8 Å². The second-order valence-corrected chi connectivity index (χ2v) is 8.33. The summed E-state index contributed by atoms with van der Waals surface area (Å²) in [5.74, 6) is 1.08. The number of hydrogen-bond donors (Lipinski definition) is 0. The lowest BCUT2D eigenvalue weighted by atomic mass is 10.1. The van der Waals surface area contributed by atoms with Crippen LogP contribution >= 0.6 is 27.7 Å². The van der Waals surface area contributed by atoms with Gasteiger partial charge in [0.1, 0.15) is 0 Å². The number of aromatic nitrogens is 3. The van der Waals surface area contributed by atoms with E-state index in [0.29, 0.717) is 11.3 Å². The van der Waals surface area contributed by atoms with Crippen LogP contribution < -0.4 is 0 Å². The van der Waals surface area contributed by atoms with Crippen LogP contribution in [-0.2, 0) is 10.5 Å². The van der Waals surface area contributed by atoms with Crippen LogP contribution in [0.15, 0.2) is 88.5 Å². The number of para-hydroxylation sites is 1. The number of carbonyl (C=O) groups is 1. The molecule has 4 rings (SSSR count). The fourth-order valence-electron chi connectivity index (χ4n) is 3.04. The summed E-state index contributed by atoms with van der Waals surface area (Å²) in [7, 11) is 1.38. The van der Waals surface area contributed by atoms with Gasteiger partial charge in [-0.25, -0.2) is 4.79 Å². The molecule has 30 heavy (non-hydrogen) atoms. The van der Waals surface area contributed by atoms with E-state index >= 15 is 0 Å². The van der Waals surface area contributed by atoms with Crippen LogP contribution in [0.25, 0.3) is 17.1 Å². The van der Waals surface area contributed by atoms with Crippen LogP contribution in [0.5, 0.6) is 0 Å². The van der Waals surface area contributed by atoms with Crippen molar-refractivity contribution in [2.75, 3.05) is 7.11 Å². The molecular formula is C23H18BrN3O2S. The molecule has 0 N–H and O–H groups in total. The lowest BCUT2D eigenvalue weighted by molar-refractivity contribution is 0.0600. The van der Waals surface area contributed by atoms with Crippen LogP contribution in [0.3, 0.4) is 0 Å². The zero-order valence-corrected chi connectivity index (χ0v) is 18.6. The highest BCUT2D eigenvalue weighted by atomic mass is 79.9. The van der Waals surface area contributed by atoms with Gasteiger partial charge in [-0.15, -0.1) is 10.2 Å². The predicted octanol–water partition coefficient (Wildman–Crippen LogP) is 5.78. The number of esters is 1. The maximum Gasteiger partial charge on any atom is 0.337 e. The molecule has 0 unspecified atom stereocenters. The Balaban J connectivity index is 1.68. The summed E-state index contributed by atoms with van der Waals surface area (Å²) in [6, 6.07) is 25.5.